The minimum Gasteiger partial charge on any atom is -0.569 e. The molecular formula is C13H14N4O5. The fourth-order valence-corrected chi connectivity index (χ4v) is 2.42. The average Bonchev–Trinajstić information content (AvgIpc) is 3.05. The zero-order valence-electron chi connectivity index (χ0n) is 11.6. The van der Waals surface area contributed by atoms with Crippen LogP contribution in [0.5, 0.6) is 0 Å². The van der Waals surface area contributed by atoms with Crippen LogP contribution in [-0.2, 0) is 4.84 Å². The molecular weight excluding hydrogens is 292 g/mol. The van der Waals surface area contributed by atoms with Crippen molar-refractivity contribution < 1.29 is 24.5 Å². The van der Waals surface area contributed by atoms with Crippen molar-refractivity contribution in [1.82, 2.24) is 9.91 Å². The molecule has 116 valence electrons. The van der Waals surface area contributed by atoms with Gasteiger partial charge in [0.05, 0.1) is 28.7 Å². The van der Waals surface area contributed by atoms with Gasteiger partial charge in [-0.1, -0.05) is 12.1 Å². The van der Waals surface area contributed by atoms with Gasteiger partial charge in [-0.3, -0.25) is 9.59 Å². The summed E-state index contributed by atoms with van der Waals surface area (Å²) >= 11 is 0. The number of fused-ring (bicyclic) bond motifs is 1. The summed E-state index contributed by atoms with van der Waals surface area (Å²) in [7, 11) is 0. The van der Waals surface area contributed by atoms with Crippen LogP contribution in [0.2, 0.25) is 0 Å². The molecule has 0 spiro atoms. The number of amides is 2. The normalized spacial score (nSPS) is 21.5. The number of rotatable bonds is 4. The zero-order valence-corrected chi connectivity index (χ0v) is 11.6. The molecule has 0 radical (unpaired) electrons. The Balaban J connectivity index is 1.61. The number of carbonyl (C=O) groups is 2. The Morgan fingerprint density at radius 1 is 1.32 bits per heavy atom. The van der Waals surface area contributed by atoms with Gasteiger partial charge in [0, 0.05) is 0 Å². The van der Waals surface area contributed by atoms with E-state index in [0.29, 0.717) is 24.1 Å². The third kappa shape index (κ3) is 2.46. The van der Waals surface area contributed by atoms with E-state index in [2.05, 4.69) is 5.28 Å². The topological polar surface area (TPSA) is 109 Å². The first-order valence-electron chi connectivity index (χ1n) is 6.76. The summed E-state index contributed by atoms with van der Waals surface area (Å²) < 4.78 is 0. The largest absolute Gasteiger partial charge is 0.569 e. The van der Waals surface area contributed by atoms with E-state index in [1.54, 1.807) is 24.3 Å². The van der Waals surface area contributed by atoms with Crippen LogP contribution in [0.25, 0.3) is 0 Å². The number of hydrazine groups is 1. The lowest BCUT2D eigenvalue weighted by molar-refractivity contribution is -0.708. The van der Waals surface area contributed by atoms with Crippen LogP contribution in [0.1, 0.15) is 27.1 Å². The Labute approximate surface area is 125 Å². The third-order valence-corrected chi connectivity index (χ3v) is 3.58. The zero-order chi connectivity index (χ0) is 15.7. The molecule has 9 heteroatoms. The maximum Gasteiger partial charge on any atom is 0.264 e. The van der Waals surface area contributed by atoms with Gasteiger partial charge in [-0.25, -0.2) is 4.90 Å². The molecule has 0 aliphatic carbocycles. The van der Waals surface area contributed by atoms with Crippen LogP contribution in [0.3, 0.4) is 0 Å². The van der Waals surface area contributed by atoms with Crippen molar-refractivity contribution in [2.45, 2.75) is 12.5 Å². The molecule has 0 bridgehead atoms. The van der Waals surface area contributed by atoms with Crippen molar-refractivity contribution in [1.29, 1.82) is 0 Å². The highest BCUT2D eigenvalue weighted by Crippen LogP contribution is 2.22. The monoisotopic (exact) mass is 306 g/mol. The quantitative estimate of drug-likeness (QED) is 0.366. The van der Waals surface area contributed by atoms with E-state index in [4.69, 9.17) is 4.84 Å². The lowest BCUT2D eigenvalue weighted by atomic mass is 10.1. The van der Waals surface area contributed by atoms with Gasteiger partial charge in [0.15, 0.2) is 0 Å². The number of hydrogen-bond donors (Lipinski definition) is 1. The first-order valence-corrected chi connectivity index (χ1v) is 6.76. The minimum atomic E-state index is -0.567. The number of carbonyl (C=O) groups excluding carboxylic acids is 2. The SMILES string of the molecule is O=C1c2ccccc2C(=O)N1CO/N=[N+](/[O-])N1CCC(O)C1. The number of nitrogens with zero attached hydrogens (tertiary/aromatic N) is 4. The highest BCUT2D eigenvalue weighted by atomic mass is 16.7. The molecule has 2 heterocycles. The highest BCUT2D eigenvalue weighted by Gasteiger charge is 2.36. The van der Waals surface area contributed by atoms with Gasteiger partial charge >= 0.3 is 0 Å². The van der Waals surface area contributed by atoms with Crippen LogP contribution >= 0.6 is 0 Å². The minimum absolute atomic E-state index is 0.170. The highest BCUT2D eigenvalue weighted by molar-refractivity contribution is 6.21. The van der Waals surface area contributed by atoms with E-state index in [1.165, 1.54) is 5.01 Å². The Hall–Kier alpha value is -2.68. The van der Waals surface area contributed by atoms with Crippen LogP contribution < -0.4 is 0 Å². The first-order chi connectivity index (χ1) is 10.6. The van der Waals surface area contributed by atoms with Crippen molar-refractivity contribution in [2.75, 3.05) is 19.8 Å². The molecule has 0 saturated carbocycles. The van der Waals surface area contributed by atoms with E-state index >= 15 is 0 Å². The second-order valence-electron chi connectivity index (χ2n) is 5.03. The summed E-state index contributed by atoms with van der Waals surface area (Å²) in [5.41, 5.74) is 0.607. The van der Waals surface area contributed by atoms with E-state index in [-0.39, 0.29) is 11.5 Å². The van der Waals surface area contributed by atoms with Gasteiger partial charge in [0.1, 0.15) is 6.54 Å². The van der Waals surface area contributed by atoms with Gasteiger partial charge in [-0.05, 0) is 18.6 Å². The molecule has 3 rings (SSSR count). The molecule has 1 atom stereocenters. The summed E-state index contributed by atoms with van der Waals surface area (Å²) in [6, 6.07) is 6.43. The van der Waals surface area contributed by atoms with Crippen molar-refractivity contribution >= 4 is 11.8 Å². The summed E-state index contributed by atoms with van der Waals surface area (Å²) in [5.74, 6) is -0.963. The van der Waals surface area contributed by atoms with E-state index in [0.717, 1.165) is 4.90 Å². The van der Waals surface area contributed by atoms with Crippen molar-refractivity contribution in [2.24, 2.45) is 5.28 Å². The fourth-order valence-electron chi connectivity index (χ4n) is 2.42. The number of aliphatic hydroxyl groups is 1. The lowest BCUT2D eigenvalue weighted by Crippen LogP contribution is -2.33. The molecule has 1 aromatic carbocycles. The number of benzene rings is 1. The van der Waals surface area contributed by atoms with Crippen LogP contribution in [0.15, 0.2) is 29.5 Å². The van der Waals surface area contributed by atoms with Gasteiger partial charge in [0.2, 0.25) is 12.0 Å². The molecule has 2 aliphatic heterocycles. The molecule has 1 unspecified atom stereocenters. The molecule has 9 nitrogen and oxygen atoms in total. The molecule has 22 heavy (non-hydrogen) atoms. The van der Waals surface area contributed by atoms with Crippen molar-refractivity contribution in [3.63, 3.8) is 0 Å². The Kier molecular flexibility index (Phi) is 3.63. The molecule has 1 saturated heterocycles. The van der Waals surface area contributed by atoms with E-state index < -0.39 is 24.6 Å². The Morgan fingerprint density at radius 3 is 2.50 bits per heavy atom. The van der Waals surface area contributed by atoms with Gasteiger partial charge in [0.25, 0.3) is 11.8 Å². The second kappa shape index (κ2) is 5.60. The van der Waals surface area contributed by atoms with Crippen LogP contribution in [0, 0.1) is 5.21 Å². The first kappa shape index (κ1) is 14.3. The van der Waals surface area contributed by atoms with Gasteiger partial charge in [-0.15, -0.1) is 5.01 Å². The van der Waals surface area contributed by atoms with Crippen LogP contribution in [0.4, 0.5) is 0 Å². The third-order valence-electron chi connectivity index (χ3n) is 3.58. The molecule has 1 aromatic rings. The summed E-state index contributed by atoms with van der Waals surface area (Å²) in [4.78, 5) is 30.0. The van der Waals surface area contributed by atoms with Crippen LogP contribution in [-0.4, -0.2) is 57.7 Å². The smallest absolute Gasteiger partial charge is 0.264 e. The Morgan fingerprint density at radius 2 is 1.95 bits per heavy atom. The fraction of sp³-hybridized carbons (Fsp3) is 0.385. The standard InChI is InChI=1S/C13H14N4O5/c18-9-5-6-15(7-9)17(21)14-22-8-16-12(19)10-3-1-2-4-11(10)13(16)20/h1-4,9,18H,5-8H2/b17-14+. The number of hydrogen-bond acceptors (Lipinski definition) is 6. The number of β-amino-alcohol motifs (C(OH)–C–C–N with tert-alkyl or cyclic N) is 1. The Bertz CT molecular complexity index is 612. The van der Waals surface area contributed by atoms with Gasteiger partial charge in [-0.2, -0.15) is 0 Å². The number of imide groups is 1. The second-order valence-corrected chi connectivity index (χ2v) is 5.03. The summed E-state index contributed by atoms with van der Waals surface area (Å²) in [6.45, 7) is 0.0927. The average molecular weight is 306 g/mol. The molecule has 1 N–H and O–H groups in total. The van der Waals surface area contributed by atoms with Gasteiger partial charge < -0.3 is 15.2 Å². The summed E-state index contributed by atoms with van der Waals surface area (Å²) in [6.07, 6.45) is -0.0879. The maximum atomic E-state index is 12.0. The molecule has 2 aliphatic rings. The maximum absolute atomic E-state index is 12.0. The predicted octanol–water partition coefficient (Wildman–Crippen LogP) is 0.116. The predicted molar refractivity (Wildman–Crippen MR) is 71.1 cm³/mol. The van der Waals surface area contributed by atoms with E-state index in [9.17, 15) is 19.9 Å². The van der Waals surface area contributed by atoms with Crippen molar-refractivity contribution in [3.05, 3.63) is 40.6 Å². The molecule has 2 amide bonds. The lowest BCUT2D eigenvalue weighted by Gasteiger charge is -2.13. The molecule has 0 aromatic heterocycles. The van der Waals surface area contributed by atoms with Crippen molar-refractivity contribution in [3.8, 4) is 0 Å². The molecule has 1 fully saturated rings. The number of aliphatic hydroxyl groups excluding tert-OH is 1. The summed E-state index contributed by atoms with van der Waals surface area (Å²) in [5, 5.41) is 25.5. The van der Waals surface area contributed by atoms with E-state index in [1.807, 2.05) is 0 Å².